The SMILES string of the molecule is O=Cc1cc(CCl)c(C(F)F)cn1. The number of carbonyl (C=O) groups excluding carboxylic acids is 1. The van der Waals surface area contributed by atoms with Gasteiger partial charge < -0.3 is 0 Å². The first-order valence-electron chi connectivity index (χ1n) is 3.47. The first kappa shape index (κ1) is 10.1. The van der Waals surface area contributed by atoms with E-state index in [1.54, 1.807) is 0 Å². The predicted octanol–water partition coefficient (Wildman–Crippen LogP) is 2.57. The summed E-state index contributed by atoms with van der Waals surface area (Å²) in [5.41, 5.74) is 0.134. The maximum Gasteiger partial charge on any atom is 0.265 e. The molecule has 13 heavy (non-hydrogen) atoms. The number of carbonyl (C=O) groups is 1. The second-order valence-electron chi connectivity index (χ2n) is 2.36. The van der Waals surface area contributed by atoms with Gasteiger partial charge in [0.2, 0.25) is 0 Å². The Morgan fingerprint density at radius 3 is 2.77 bits per heavy atom. The van der Waals surface area contributed by atoms with Crippen molar-refractivity contribution in [2.75, 3.05) is 0 Å². The van der Waals surface area contributed by atoms with Crippen molar-refractivity contribution in [2.24, 2.45) is 0 Å². The van der Waals surface area contributed by atoms with Gasteiger partial charge in [-0.2, -0.15) is 0 Å². The molecular weight excluding hydrogens is 200 g/mol. The third kappa shape index (κ3) is 2.21. The summed E-state index contributed by atoms with van der Waals surface area (Å²) < 4.78 is 24.5. The van der Waals surface area contributed by atoms with Crippen molar-refractivity contribution >= 4 is 17.9 Å². The lowest BCUT2D eigenvalue weighted by Gasteiger charge is -2.04. The third-order valence-corrected chi connectivity index (χ3v) is 1.83. The van der Waals surface area contributed by atoms with Crippen molar-refractivity contribution in [2.45, 2.75) is 12.3 Å². The fourth-order valence-electron chi connectivity index (χ4n) is 0.903. The molecule has 0 spiro atoms. The molecule has 0 aliphatic heterocycles. The van der Waals surface area contributed by atoms with Crippen LogP contribution in [-0.4, -0.2) is 11.3 Å². The van der Waals surface area contributed by atoms with E-state index in [4.69, 9.17) is 11.6 Å². The Morgan fingerprint density at radius 1 is 1.62 bits per heavy atom. The van der Waals surface area contributed by atoms with Gasteiger partial charge in [0.25, 0.3) is 6.43 Å². The Balaban J connectivity index is 3.15. The Hall–Kier alpha value is -1.03. The van der Waals surface area contributed by atoms with Gasteiger partial charge in [0, 0.05) is 17.6 Å². The molecule has 0 atom stereocenters. The van der Waals surface area contributed by atoms with Gasteiger partial charge >= 0.3 is 0 Å². The van der Waals surface area contributed by atoms with Crippen molar-refractivity contribution in [3.05, 3.63) is 29.1 Å². The van der Waals surface area contributed by atoms with E-state index in [1.165, 1.54) is 6.07 Å². The van der Waals surface area contributed by atoms with Crippen molar-refractivity contribution in [1.82, 2.24) is 4.98 Å². The van der Waals surface area contributed by atoms with E-state index in [0.29, 0.717) is 6.29 Å². The van der Waals surface area contributed by atoms with E-state index in [9.17, 15) is 13.6 Å². The molecule has 0 aliphatic rings. The zero-order valence-corrected chi connectivity index (χ0v) is 7.26. The Morgan fingerprint density at radius 2 is 2.31 bits per heavy atom. The average Bonchev–Trinajstić information content (AvgIpc) is 2.16. The maximum absolute atomic E-state index is 12.3. The number of nitrogens with zero attached hydrogens (tertiary/aromatic N) is 1. The Kier molecular flexibility index (Phi) is 3.31. The van der Waals surface area contributed by atoms with Gasteiger partial charge in [-0.05, 0) is 11.6 Å². The zero-order chi connectivity index (χ0) is 9.84. The van der Waals surface area contributed by atoms with E-state index in [2.05, 4.69) is 4.98 Å². The molecule has 1 aromatic rings. The molecule has 2 nitrogen and oxygen atoms in total. The van der Waals surface area contributed by atoms with Crippen molar-refractivity contribution in [3.63, 3.8) is 0 Å². The standard InChI is InChI=1S/C8H6ClF2NO/c9-2-5-1-6(4-13)12-3-7(5)8(10)11/h1,3-4,8H,2H2. The number of rotatable bonds is 3. The highest BCUT2D eigenvalue weighted by atomic mass is 35.5. The van der Waals surface area contributed by atoms with Gasteiger partial charge in [0.15, 0.2) is 6.29 Å². The second-order valence-corrected chi connectivity index (χ2v) is 2.63. The van der Waals surface area contributed by atoms with Gasteiger partial charge in [0.1, 0.15) is 5.69 Å². The molecule has 0 fully saturated rings. The molecule has 1 heterocycles. The van der Waals surface area contributed by atoms with E-state index < -0.39 is 6.43 Å². The molecule has 5 heteroatoms. The predicted molar refractivity (Wildman–Crippen MR) is 44.1 cm³/mol. The van der Waals surface area contributed by atoms with Gasteiger partial charge in [-0.1, -0.05) is 0 Å². The monoisotopic (exact) mass is 205 g/mol. The van der Waals surface area contributed by atoms with Crippen molar-refractivity contribution < 1.29 is 13.6 Å². The zero-order valence-electron chi connectivity index (χ0n) is 6.51. The minimum absolute atomic E-state index is 0.0525. The van der Waals surface area contributed by atoms with Crippen molar-refractivity contribution in [1.29, 1.82) is 0 Å². The molecule has 1 rings (SSSR count). The fourth-order valence-corrected chi connectivity index (χ4v) is 1.13. The van der Waals surface area contributed by atoms with Crippen LogP contribution in [0.4, 0.5) is 8.78 Å². The van der Waals surface area contributed by atoms with E-state index in [0.717, 1.165) is 6.20 Å². The molecule has 0 radical (unpaired) electrons. The number of aromatic nitrogens is 1. The third-order valence-electron chi connectivity index (χ3n) is 1.55. The first-order chi connectivity index (χ1) is 6.19. The van der Waals surface area contributed by atoms with Gasteiger partial charge in [-0.25, -0.2) is 8.78 Å². The maximum atomic E-state index is 12.3. The van der Waals surface area contributed by atoms with Crippen LogP contribution < -0.4 is 0 Å². The number of hydrogen-bond donors (Lipinski definition) is 0. The molecule has 0 unspecified atom stereocenters. The van der Waals surface area contributed by atoms with Crippen LogP contribution in [0.3, 0.4) is 0 Å². The normalized spacial score (nSPS) is 10.5. The molecule has 0 saturated heterocycles. The topological polar surface area (TPSA) is 30.0 Å². The summed E-state index contributed by atoms with van der Waals surface area (Å²) in [5, 5.41) is 0. The number of halogens is 3. The van der Waals surface area contributed by atoms with Crippen LogP contribution in [0.5, 0.6) is 0 Å². The summed E-state index contributed by atoms with van der Waals surface area (Å²) in [6.07, 6.45) is -1.14. The lowest BCUT2D eigenvalue weighted by atomic mass is 10.1. The molecular formula is C8H6ClF2NO. The second kappa shape index (κ2) is 4.28. The highest BCUT2D eigenvalue weighted by molar-refractivity contribution is 6.17. The minimum atomic E-state index is -2.61. The number of aldehydes is 1. The highest BCUT2D eigenvalue weighted by Gasteiger charge is 2.13. The summed E-state index contributed by atoms with van der Waals surface area (Å²) in [4.78, 5) is 13.8. The van der Waals surface area contributed by atoms with E-state index in [1.807, 2.05) is 0 Å². The number of hydrogen-bond acceptors (Lipinski definition) is 2. The summed E-state index contributed by atoms with van der Waals surface area (Å²) in [6, 6.07) is 1.27. The van der Waals surface area contributed by atoms with Crippen LogP contribution >= 0.6 is 11.6 Å². The van der Waals surface area contributed by atoms with Crippen LogP contribution in [0.15, 0.2) is 12.3 Å². The average molecular weight is 206 g/mol. The molecule has 0 bridgehead atoms. The quantitative estimate of drug-likeness (QED) is 0.561. The van der Waals surface area contributed by atoms with Gasteiger partial charge in [-0.3, -0.25) is 9.78 Å². The molecule has 0 aliphatic carbocycles. The van der Waals surface area contributed by atoms with Crippen LogP contribution in [0.25, 0.3) is 0 Å². The molecule has 0 N–H and O–H groups in total. The molecule has 1 aromatic heterocycles. The molecule has 70 valence electrons. The highest BCUT2D eigenvalue weighted by Crippen LogP contribution is 2.23. The molecule has 0 amide bonds. The summed E-state index contributed by atoms with van der Waals surface area (Å²) in [7, 11) is 0. The summed E-state index contributed by atoms with van der Waals surface area (Å²) >= 11 is 5.43. The lowest BCUT2D eigenvalue weighted by Crippen LogP contribution is -1.97. The van der Waals surface area contributed by atoms with Crippen LogP contribution in [0.2, 0.25) is 0 Å². The van der Waals surface area contributed by atoms with Gasteiger partial charge in [0.05, 0.1) is 0 Å². The van der Waals surface area contributed by atoms with Crippen molar-refractivity contribution in [3.8, 4) is 0 Å². The summed E-state index contributed by atoms with van der Waals surface area (Å²) in [6.45, 7) is 0. The van der Waals surface area contributed by atoms with Crippen LogP contribution in [0, 0.1) is 0 Å². The number of pyridine rings is 1. The summed E-state index contributed by atoms with van der Waals surface area (Å²) in [5.74, 6) is -0.0525. The van der Waals surface area contributed by atoms with Crippen LogP contribution in [-0.2, 0) is 5.88 Å². The Labute approximate surface area is 78.5 Å². The molecule has 0 aromatic carbocycles. The lowest BCUT2D eigenvalue weighted by molar-refractivity contribution is 0.111. The Bertz CT molecular complexity index is 317. The largest absolute Gasteiger partial charge is 0.296 e. The van der Waals surface area contributed by atoms with Gasteiger partial charge in [-0.15, -0.1) is 11.6 Å². The molecule has 0 saturated carbocycles. The van der Waals surface area contributed by atoms with E-state index >= 15 is 0 Å². The number of alkyl halides is 3. The van der Waals surface area contributed by atoms with Crippen LogP contribution in [0.1, 0.15) is 28.0 Å². The minimum Gasteiger partial charge on any atom is -0.296 e. The first-order valence-corrected chi connectivity index (χ1v) is 4.00. The fraction of sp³-hybridized carbons (Fsp3) is 0.250. The smallest absolute Gasteiger partial charge is 0.265 e. The van der Waals surface area contributed by atoms with E-state index in [-0.39, 0.29) is 22.7 Å².